The molecule has 0 bridgehead atoms. The molecule has 1 saturated heterocycles. The van der Waals surface area contributed by atoms with Crippen molar-refractivity contribution >= 4 is 5.97 Å². The summed E-state index contributed by atoms with van der Waals surface area (Å²) in [6.45, 7) is 5.81. The highest BCUT2D eigenvalue weighted by atomic mass is 16.5. The Labute approximate surface area is 184 Å². The molecule has 1 atom stereocenters. The molecule has 2 heterocycles. The van der Waals surface area contributed by atoms with Crippen LogP contribution in [0.1, 0.15) is 29.9 Å². The Bertz CT molecular complexity index is 829. The van der Waals surface area contributed by atoms with Gasteiger partial charge in [0.05, 0.1) is 19.6 Å². The molecule has 7 nitrogen and oxygen atoms in total. The molecule has 0 saturated carbocycles. The van der Waals surface area contributed by atoms with Crippen LogP contribution >= 0.6 is 0 Å². The van der Waals surface area contributed by atoms with Crippen molar-refractivity contribution < 1.29 is 23.8 Å². The van der Waals surface area contributed by atoms with E-state index in [-0.39, 0.29) is 18.5 Å². The van der Waals surface area contributed by atoms with Crippen molar-refractivity contribution in [2.24, 2.45) is 5.92 Å². The Morgan fingerprint density at radius 2 is 2.03 bits per heavy atom. The van der Waals surface area contributed by atoms with Crippen LogP contribution in [0.15, 0.2) is 40.8 Å². The largest absolute Gasteiger partial charge is 0.491 e. The van der Waals surface area contributed by atoms with Crippen LogP contribution in [0.4, 0.5) is 0 Å². The number of likely N-dealkylation sites (tertiary alicyclic amines) is 1. The monoisotopic (exact) mass is 430 g/mol. The number of aryl methyl sites for hydroxylation is 1. The number of aliphatic hydroxyl groups is 1. The minimum absolute atomic E-state index is 0.0210. The van der Waals surface area contributed by atoms with E-state index in [1.54, 1.807) is 0 Å². The molecule has 1 aliphatic heterocycles. The highest BCUT2D eigenvalue weighted by Crippen LogP contribution is 2.19. The van der Waals surface area contributed by atoms with Crippen LogP contribution in [-0.4, -0.2) is 67.4 Å². The third-order valence-electron chi connectivity index (χ3n) is 5.61. The van der Waals surface area contributed by atoms with E-state index in [4.69, 9.17) is 13.9 Å². The van der Waals surface area contributed by atoms with Crippen LogP contribution < -0.4 is 4.74 Å². The fourth-order valence-corrected chi connectivity index (χ4v) is 4.00. The molecule has 3 rings (SSSR count). The summed E-state index contributed by atoms with van der Waals surface area (Å²) in [5.74, 6) is 2.47. The van der Waals surface area contributed by atoms with Gasteiger partial charge in [-0.1, -0.05) is 12.1 Å². The minimum Gasteiger partial charge on any atom is -0.491 e. The highest BCUT2D eigenvalue weighted by molar-refractivity contribution is 5.72. The molecule has 1 fully saturated rings. The van der Waals surface area contributed by atoms with Crippen LogP contribution in [-0.2, 0) is 22.6 Å². The summed E-state index contributed by atoms with van der Waals surface area (Å²) in [7, 11) is 3.49. The molecule has 0 spiro atoms. The second kappa shape index (κ2) is 11.3. The lowest BCUT2D eigenvalue weighted by atomic mass is 9.97. The SMILES string of the molecule is COC(=O)C1CCN(C[C@H](O)COc2cccc(CN(C)Cc3ccc(C)o3)c2)CC1. The Balaban J connectivity index is 1.40. The number of hydrogen-bond donors (Lipinski definition) is 1. The van der Waals surface area contributed by atoms with Crippen LogP contribution in [0.5, 0.6) is 5.75 Å². The van der Waals surface area contributed by atoms with E-state index in [2.05, 4.69) is 22.9 Å². The molecule has 0 aliphatic carbocycles. The fourth-order valence-electron chi connectivity index (χ4n) is 4.00. The Hall–Kier alpha value is -2.35. The normalized spacial score (nSPS) is 16.4. The topological polar surface area (TPSA) is 75.4 Å². The van der Waals surface area contributed by atoms with Crippen molar-refractivity contribution in [3.63, 3.8) is 0 Å². The molecule has 31 heavy (non-hydrogen) atoms. The number of carbonyl (C=O) groups is 1. The van der Waals surface area contributed by atoms with Crippen LogP contribution in [0, 0.1) is 12.8 Å². The number of benzene rings is 1. The Morgan fingerprint density at radius 1 is 1.26 bits per heavy atom. The predicted molar refractivity (Wildman–Crippen MR) is 118 cm³/mol. The van der Waals surface area contributed by atoms with Crippen molar-refractivity contribution in [2.75, 3.05) is 40.4 Å². The zero-order chi connectivity index (χ0) is 22.2. The van der Waals surface area contributed by atoms with Gasteiger partial charge in [-0.25, -0.2) is 0 Å². The van der Waals surface area contributed by atoms with E-state index in [9.17, 15) is 9.90 Å². The van der Waals surface area contributed by atoms with Crippen molar-refractivity contribution in [1.29, 1.82) is 0 Å². The van der Waals surface area contributed by atoms with Gasteiger partial charge >= 0.3 is 5.97 Å². The Morgan fingerprint density at radius 3 is 2.71 bits per heavy atom. The summed E-state index contributed by atoms with van der Waals surface area (Å²) in [6.07, 6.45) is 0.962. The molecular weight excluding hydrogens is 396 g/mol. The number of β-amino-alcohol motifs (C(OH)–C–C–N with tert-alkyl or cyclic N) is 1. The number of methoxy groups -OCH3 is 1. The van der Waals surface area contributed by atoms with Crippen LogP contribution in [0.25, 0.3) is 0 Å². The number of hydrogen-bond acceptors (Lipinski definition) is 7. The van der Waals surface area contributed by atoms with Gasteiger partial charge in [0.25, 0.3) is 0 Å². The first-order valence-corrected chi connectivity index (χ1v) is 10.9. The maximum Gasteiger partial charge on any atom is 0.308 e. The number of ether oxygens (including phenoxy) is 2. The lowest BCUT2D eigenvalue weighted by Crippen LogP contribution is -2.42. The molecule has 7 heteroatoms. The zero-order valence-electron chi connectivity index (χ0n) is 18.8. The summed E-state index contributed by atoms with van der Waals surface area (Å²) < 4.78 is 16.3. The van der Waals surface area contributed by atoms with Gasteiger partial charge in [0.2, 0.25) is 0 Å². The van der Waals surface area contributed by atoms with Gasteiger partial charge in [-0.3, -0.25) is 9.69 Å². The molecule has 0 amide bonds. The first-order chi connectivity index (χ1) is 14.9. The number of furan rings is 1. The van der Waals surface area contributed by atoms with E-state index < -0.39 is 6.10 Å². The maximum absolute atomic E-state index is 11.6. The summed E-state index contributed by atoms with van der Waals surface area (Å²) in [4.78, 5) is 16.0. The van der Waals surface area contributed by atoms with Gasteiger partial charge in [-0.05, 0) is 69.7 Å². The van der Waals surface area contributed by atoms with Crippen molar-refractivity contribution in [1.82, 2.24) is 9.80 Å². The molecule has 1 aliphatic rings. The predicted octanol–water partition coefficient (Wildman–Crippen LogP) is 2.84. The minimum atomic E-state index is -0.580. The second-order valence-electron chi connectivity index (χ2n) is 8.39. The fraction of sp³-hybridized carbons (Fsp3) is 0.542. The molecule has 2 aromatic rings. The highest BCUT2D eigenvalue weighted by Gasteiger charge is 2.26. The average Bonchev–Trinajstić information content (AvgIpc) is 3.16. The molecule has 1 aromatic carbocycles. The summed E-state index contributed by atoms with van der Waals surface area (Å²) >= 11 is 0. The number of carbonyl (C=O) groups excluding carboxylic acids is 1. The van der Waals surface area contributed by atoms with Gasteiger partial charge in [0.1, 0.15) is 30.0 Å². The van der Waals surface area contributed by atoms with Crippen molar-refractivity contribution in [3.8, 4) is 5.75 Å². The average molecular weight is 431 g/mol. The third kappa shape index (κ3) is 7.38. The third-order valence-corrected chi connectivity index (χ3v) is 5.61. The quantitative estimate of drug-likeness (QED) is 0.581. The zero-order valence-corrected chi connectivity index (χ0v) is 18.8. The summed E-state index contributed by atoms with van der Waals surface area (Å²) in [6, 6.07) is 11.9. The number of esters is 1. The van der Waals surface area contributed by atoms with E-state index in [1.165, 1.54) is 7.11 Å². The number of piperidine rings is 1. The van der Waals surface area contributed by atoms with Gasteiger partial charge in [0, 0.05) is 13.1 Å². The number of rotatable bonds is 10. The Kier molecular flexibility index (Phi) is 8.51. The molecular formula is C24H34N2O5. The molecule has 1 N–H and O–H groups in total. The lowest BCUT2D eigenvalue weighted by molar-refractivity contribution is -0.147. The van der Waals surface area contributed by atoms with E-state index in [0.29, 0.717) is 6.54 Å². The first-order valence-electron chi connectivity index (χ1n) is 10.9. The van der Waals surface area contributed by atoms with Crippen molar-refractivity contribution in [3.05, 3.63) is 53.5 Å². The van der Waals surface area contributed by atoms with Gasteiger partial charge in [-0.15, -0.1) is 0 Å². The van der Waals surface area contributed by atoms with Crippen LogP contribution in [0.2, 0.25) is 0 Å². The molecule has 170 valence electrons. The van der Waals surface area contributed by atoms with Gasteiger partial charge < -0.3 is 23.9 Å². The smallest absolute Gasteiger partial charge is 0.308 e. The summed E-state index contributed by atoms with van der Waals surface area (Å²) in [5.41, 5.74) is 1.14. The number of nitrogens with zero attached hydrogens (tertiary/aromatic N) is 2. The van der Waals surface area contributed by atoms with Gasteiger partial charge in [-0.2, -0.15) is 0 Å². The standard InChI is InChI=1S/C24H34N2O5/c1-18-7-8-23(31-18)16-25(2)14-19-5-4-6-22(13-19)30-17-21(27)15-26-11-9-20(10-12-26)24(28)29-3/h4-8,13,20-21,27H,9-12,14-17H2,1-3H3/t21-/m0/s1. The van der Waals surface area contributed by atoms with E-state index in [0.717, 1.165) is 61.9 Å². The molecule has 0 radical (unpaired) electrons. The first kappa shape index (κ1) is 23.3. The van der Waals surface area contributed by atoms with E-state index >= 15 is 0 Å². The van der Waals surface area contributed by atoms with E-state index in [1.807, 2.05) is 37.3 Å². The second-order valence-corrected chi connectivity index (χ2v) is 8.39. The van der Waals surface area contributed by atoms with Crippen LogP contribution in [0.3, 0.4) is 0 Å². The number of aliphatic hydroxyl groups excluding tert-OH is 1. The molecule has 1 aromatic heterocycles. The lowest BCUT2D eigenvalue weighted by Gasteiger charge is -2.31. The van der Waals surface area contributed by atoms with Crippen molar-refractivity contribution in [2.45, 2.75) is 39.0 Å². The maximum atomic E-state index is 11.6. The summed E-state index contributed by atoms with van der Waals surface area (Å²) in [5, 5.41) is 10.4. The van der Waals surface area contributed by atoms with Gasteiger partial charge in [0.15, 0.2) is 0 Å². The molecule has 0 unspecified atom stereocenters.